The molecule has 2 aliphatic rings. The Morgan fingerprint density at radius 3 is 2.60 bits per heavy atom. The largest absolute Gasteiger partial charge is 0.492 e. The number of carbonyl (C=O) groups is 1. The fraction of sp³-hybridized carbons (Fsp3) is 0.297. The first-order chi connectivity index (χ1) is 23.1. The van der Waals surface area contributed by atoms with Gasteiger partial charge >= 0.3 is 0 Å². The minimum Gasteiger partial charge on any atom is -0.492 e. The molecule has 0 atom stereocenters. The normalized spacial score (nSPS) is 15.6. The maximum atomic E-state index is 14.8. The van der Waals surface area contributed by atoms with Crippen LogP contribution in [-0.2, 0) is 4.79 Å². The lowest BCUT2D eigenvalue weighted by Crippen LogP contribution is -2.25. The molecule has 10 heteroatoms. The monoisotopic (exact) mass is 629 g/mol. The Hall–Kier alpha value is -5.09. The smallest absolute Gasteiger partial charge is 0.227 e. The number of anilines is 1. The van der Waals surface area contributed by atoms with Crippen molar-refractivity contribution in [1.82, 2.24) is 30.0 Å². The van der Waals surface area contributed by atoms with Gasteiger partial charge in [0, 0.05) is 52.8 Å². The van der Waals surface area contributed by atoms with Crippen molar-refractivity contribution >= 4 is 33.4 Å². The quantitative estimate of drug-likeness (QED) is 0.152. The summed E-state index contributed by atoms with van der Waals surface area (Å²) in [6.07, 6.45) is 13.6. The molecule has 5 heterocycles. The molecule has 0 bridgehead atoms. The summed E-state index contributed by atoms with van der Waals surface area (Å²) in [7, 11) is 0. The molecule has 3 N–H and O–H groups in total. The maximum Gasteiger partial charge on any atom is 0.227 e. The van der Waals surface area contributed by atoms with Crippen LogP contribution >= 0.6 is 0 Å². The number of hydrogen-bond acceptors (Lipinski definition) is 6. The molecule has 47 heavy (non-hydrogen) atoms. The number of hydrogen-bond donors (Lipinski definition) is 3. The number of rotatable bonds is 9. The Kier molecular flexibility index (Phi) is 7.86. The van der Waals surface area contributed by atoms with E-state index in [2.05, 4.69) is 41.4 Å². The van der Waals surface area contributed by atoms with Crippen molar-refractivity contribution in [3.05, 3.63) is 79.1 Å². The summed E-state index contributed by atoms with van der Waals surface area (Å²) in [5.41, 5.74) is 7.33. The van der Waals surface area contributed by atoms with Crippen LogP contribution in [0.15, 0.2) is 73.3 Å². The topological polar surface area (TPSA) is 112 Å². The average molecular weight is 630 g/mol. The number of aromatic nitrogens is 5. The van der Waals surface area contributed by atoms with Crippen LogP contribution in [0.25, 0.3) is 55.4 Å². The highest BCUT2D eigenvalue weighted by molar-refractivity contribution is 6.01. The van der Waals surface area contributed by atoms with Gasteiger partial charge in [-0.25, -0.2) is 4.39 Å². The van der Waals surface area contributed by atoms with E-state index < -0.39 is 0 Å². The Bertz CT molecular complexity index is 2070. The summed E-state index contributed by atoms with van der Waals surface area (Å²) < 4.78 is 20.8. The number of pyridine rings is 2. The molecule has 0 radical (unpaired) electrons. The number of fused-ring (bicyclic) bond motifs is 2. The van der Waals surface area contributed by atoms with Gasteiger partial charge in [-0.3, -0.25) is 24.8 Å². The van der Waals surface area contributed by atoms with Crippen LogP contribution < -0.4 is 10.1 Å². The zero-order valence-corrected chi connectivity index (χ0v) is 26.1. The molecular weight excluding hydrogens is 593 g/mol. The first-order valence-corrected chi connectivity index (χ1v) is 16.4. The van der Waals surface area contributed by atoms with Gasteiger partial charge in [0.15, 0.2) is 0 Å². The molecule has 1 saturated heterocycles. The van der Waals surface area contributed by atoms with Crippen LogP contribution in [0, 0.1) is 11.7 Å². The average Bonchev–Trinajstić information content (AvgIpc) is 3.91. The van der Waals surface area contributed by atoms with Gasteiger partial charge in [-0.2, -0.15) is 5.10 Å². The molecule has 1 amide bonds. The van der Waals surface area contributed by atoms with Crippen LogP contribution in [0.5, 0.6) is 5.75 Å². The molecule has 6 aromatic rings. The first kappa shape index (κ1) is 29.3. The molecule has 9 nitrogen and oxygen atoms in total. The Morgan fingerprint density at radius 1 is 0.872 bits per heavy atom. The first-order valence-electron chi connectivity index (χ1n) is 16.4. The van der Waals surface area contributed by atoms with Gasteiger partial charge in [-0.15, -0.1) is 0 Å². The van der Waals surface area contributed by atoms with E-state index in [1.165, 1.54) is 25.0 Å². The Morgan fingerprint density at radius 2 is 1.72 bits per heavy atom. The molecule has 2 fully saturated rings. The van der Waals surface area contributed by atoms with Gasteiger partial charge in [0.05, 0.1) is 34.8 Å². The van der Waals surface area contributed by atoms with E-state index in [-0.39, 0.29) is 17.6 Å². The van der Waals surface area contributed by atoms with E-state index in [1.54, 1.807) is 24.8 Å². The number of ether oxygens (including phenoxy) is 1. The summed E-state index contributed by atoms with van der Waals surface area (Å²) in [5.74, 6) is 0.307. The third-order valence-corrected chi connectivity index (χ3v) is 9.49. The minimum absolute atomic E-state index is 0.0706. The number of halogens is 1. The highest BCUT2D eigenvalue weighted by atomic mass is 19.1. The van der Waals surface area contributed by atoms with Crippen molar-refractivity contribution < 1.29 is 13.9 Å². The van der Waals surface area contributed by atoms with E-state index >= 15 is 0 Å². The van der Waals surface area contributed by atoms with Crippen molar-refractivity contribution in [2.24, 2.45) is 5.92 Å². The van der Waals surface area contributed by atoms with Crippen molar-refractivity contribution in [3.8, 4) is 39.4 Å². The lowest BCUT2D eigenvalue weighted by atomic mass is 10.0. The number of carbonyl (C=O) groups excluding carboxylic acids is 1. The number of aromatic amines is 2. The molecule has 1 aliphatic carbocycles. The van der Waals surface area contributed by atoms with E-state index in [9.17, 15) is 9.18 Å². The summed E-state index contributed by atoms with van der Waals surface area (Å²) in [4.78, 5) is 27.5. The van der Waals surface area contributed by atoms with E-state index in [0.717, 1.165) is 95.2 Å². The van der Waals surface area contributed by atoms with Crippen molar-refractivity contribution in [2.75, 3.05) is 31.6 Å². The third-order valence-electron chi connectivity index (χ3n) is 9.49. The van der Waals surface area contributed by atoms with Crippen LogP contribution in [0.1, 0.15) is 38.5 Å². The second-order valence-corrected chi connectivity index (χ2v) is 12.7. The number of nitrogens with one attached hydrogen (secondary N) is 3. The number of H-pyrrole nitrogens is 2. The van der Waals surface area contributed by atoms with Gasteiger partial charge in [-0.1, -0.05) is 18.9 Å². The van der Waals surface area contributed by atoms with Crippen molar-refractivity contribution in [1.29, 1.82) is 0 Å². The molecule has 1 aliphatic heterocycles. The molecule has 4 aromatic heterocycles. The van der Waals surface area contributed by atoms with E-state index in [4.69, 9.17) is 4.74 Å². The van der Waals surface area contributed by atoms with Crippen LogP contribution in [0.3, 0.4) is 0 Å². The summed E-state index contributed by atoms with van der Waals surface area (Å²) in [6, 6.07) is 14.9. The lowest BCUT2D eigenvalue weighted by molar-refractivity contribution is -0.119. The fourth-order valence-electron chi connectivity index (χ4n) is 7.01. The van der Waals surface area contributed by atoms with Crippen LogP contribution in [-0.4, -0.2) is 62.2 Å². The molecule has 238 valence electrons. The molecule has 1 saturated carbocycles. The van der Waals surface area contributed by atoms with Gasteiger partial charge in [-0.05, 0) is 86.3 Å². The molecule has 0 spiro atoms. The Labute approximate surface area is 271 Å². The molecule has 8 rings (SSSR count). The molecular formula is C37H36FN7O2. The predicted molar refractivity (Wildman–Crippen MR) is 182 cm³/mol. The SMILES string of the molecule is O=C(Nc1cncc(-c2ccc3[nH]nc(-c4cc5c(-c6cc(F)cc(OCCN7CCCC7)c6)cncc5[nH]4)c3c2)c1)C1CCCC1. The summed E-state index contributed by atoms with van der Waals surface area (Å²) >= 11 is 0. The van der Waals surface area contributed by atoms with Gasteiger partial charge in [0.2, 0.25) is 5.91 Å². The fourth-order valence-corrected chi connectivity index (χ4v) is 7.01. The van der Waals surface area contributed by atoms with E-state index in [1.807, 2.05) is 30.3 Å². The van der Waals surface area contributed by atoms with Crippen molar-refractivity contribution in [3.63, 3.8) is 0 Å². The van der Waals surface area contributed by atoms with Gasteiger partial charge in [0.1, 0.15) is 23.9 Å². The number of likely N-dealkylation sites (tertiary alicyclic amines) is 1. The van der Waals surface area contributed by atoms with Gasteiger partial charge in [0.25, 0.3) is 0 Å². The summed E-state index contributed by atoms with van der Waals surface area (Å²) in [6.45, 7) is 3.54. The lowest BCUT2D eigenvalue weighted by Gasteiger charge is -2.15. The van der Waals surface area contributed by atoms with Gasteiger partial charge < -0.3 is 15.0 Å². The highest BCUT2D eigenvalue weighted by Gasteiger charge is 2.23. The summed E-state index contributed by atoms with van der Waals surface area (Å²) in [5, 5.41) is 12.7. The number of benzene rings is 2. The zero-order chi connectivity index (χ0) is 31.7. The maximum absolute atomic E-state index is 14.8. The Balaban J connectivity index is 1.08. The standard InChI is InChI=1S/C37H36FN7O2/c38-27-13-25(15-29(17-27)47-12-11-45-9-3-4-10-45)32-21-40-22-35-30(32)18-34(42-35)36-31-16-24(7-8-33(31)43-44-36)26-14-28(20-39-19-26)41-37(46)23-5-1-2-6-23/h7-8,13-23,42H,1-6,9-12H2,(H,41,46)(H,43,44). The van der Waals surface area contributed by atoms with Crippen molar-refractivity contribution in [2.45, 2.75) is 38.5 Å². The highest BCUT2D eigenvalue weighted by Crippen LogP contribution is 2.36. The second kappa shape index (κ2) is 12.6. The molecule has 0 unspecified atom stereocenters. The number of amides is 1. The second-order valence-electron chi connectivity index (χ2n) is 12.7. The van der Waals surface area contributed by atoms with E-state index in [0.29, 0.717) is 23.6 Å². The molecule has 2 aromatic carbocycles. The third kappa shape index (κ3) is 6.08. The minimum atomic E-state index is -0.353. The van der Waals surface area contributed by atoms with Crippen LogP contribution in [0.2, 0.25) is 0 Å². The zero-order valence-electron chi connectivity index (χ0n) is 26.1. The van der Waals surface area contributed by atoms with Crippen LogP contribution in [0.4, 0.5) is 10.1 Å². The number of nitrogens with zero attached hydrogens (tertiary/aromatic N) is 4. The predicted octanol–water partition coefficient (Wildman–Crippen LogP) is 7.58.